The van der Waals surface area contributed by atoms with Crippen LogP contribution < -0.4 is 5.32 Å². The fourth-order valence-corrected chi connectivity index (χ4v) is 1.93. The van der Waals surface area contributed by atoms with Crippen LogP contribution in [-0.2, 0) is 11.3 Å². The summed E-state index contributed by atoms with van der Waals surface area (Å²) in [5.41, 5.74) is 1.84. The summed E-state index contributed by atoms with van der Waals surface area (Å²) in [4.78, 5) is 15.5. The molecule has 0 saturated heterocycles. The highest BCUT2D eigenvalue weighted by Gasteiger charge is 2.05. The van der Waals surface area contributed by atoms with Crippen LogP contribution in [0.15, 0.2) is 35.7 Å². The summed E-state index contributed by atoms with van der Waals surface area (Å²) in [6.45, 7) is 2.13. The number of anilines is 1. The van der Waals surface area contributed by atoms with Crippen LogP contribution in [-0.4, -0.2) is 11.1 Å². The van der Waals surface area contributed by atoms with Gasteiger partial charge in [-0.3, -0.25) is 5.32 Å². The van der Waals surface area contributed by atoms with Crippen LogP contribution in [0.2, 0.25) is 0 Å². The Hall–Kier alpha value is -1.88. The van der Waals surface area contributed by atoms with Gasteiger partial charge in [0.1, 0.15) is 6.61 Å². The average molecular weight is 248 g/mol. The minimum absolute atomic E-state index is 0.261. The van der Waals surface area contributed by atoms with Crippen molar-refractivity contribution in [2.75, 3.05) is 5.32 Å². The Morgan fingerprint density at radius 3 is 2.82 bits per heavy atom. The number of benzene rings is 1. The fourth-order valence-electron chi connectivity index (χ4n) is 1.26. The molecule has 0 saturated carbocycles. The van der Waals surface area contributed by atoms with Crippen LogP contribution in [0.4, 0.5) is 9.93 Å². The average Bonchev–Trinajstić information content (AvgIpc) is 2.73. The molecule has 0 bridgehead atoms. The van der Waals surface area contributed by atoms with E-state index >= 15 is 0 Å². The molecule has 0 aliphatic rings. The molecule has 0 unspecified atom stereocenters. The number of carbonyl (C=O) groups excluding carboxylic acids is 1. The highest BCUT2D eigenvalue weighted by atomic mass is 32.1. The van der Waals surface area contributed by atoms with Crippen LogP contribution in [0.1, 0.15) is 11.3 Å². The molecule has 0 aliphatic heterocycles. The molecule has 1 aromatic carbocycles. The van der Waals surface area contributed by atoms with Gasteiger partial charge in [0.2, 0.25) is 0 Å². The second-order valence-electron chi connectivity index (χ2n) is 3.48. The maximum atomic E-state index is 11.4. The van der Waals surface area contributed by atoms with E-state index in [2.05, 4.69) is 10.3 Å². The van der Waals surface area contributed by atoms with E-state index in [9.17, 15) is 4.79 Å². The first-order valence-electron chi connectivity index (χ1n) is 5.14. The lowest BCUT2D eigenvalue weighted by molar-refractivity contribution is 0.155. The van der Waals surface area contributed by atoms with Crippen molar-refractivity contribution in [3.8, 4) is 0 Å². The zero-order valence-electron chi connectivity index (χ0n) is 9.34. The third-order valence-corrected chi connectivity index (χ3v) is 2.92. The van der Waals surface area contributed by atoms with Crippen molar-refractivity contribution in [2.24, 2.45) is 0 Å². The van der Waals surface area contributed by atoms with Crippen LogP contribution in [0.25, 0.3) is 0 Å². The second-order valence-corrected chi connectivity index (χ2v) is 4.34. The van der Waals surface area contributed by atoms with E-state index < -0.39 is 6.09 Å². The molecule has 1 aromatic heterocycles. The molecule has 5 heteroatoms. The molecule has 1 amide bonds. The Bertz CT molecular complexity index is 496. The van der Waals surface area contributed by atoms with Crippen molar-refractivity contribution in [2.45, 2.75) is 13.5 Å². The summed E-state index contributed by atoms with van der Waals surface area (Å²) in [7, 11) is 0. The maximum absolute atomic E-state index is 11.4. The van der Waals surface area contributed by atoms with Crippen LogP contribution >= 0.6 is 11.3 Å². The number of hydrogen-bond acceptors (Lipinski definition) is 4. The molecule has 17 heavy (non-hydrogen) atoms. The molecule has 1 N–H and O–H groups in total. The van der Waals surface area contributed by atoms with Gasteiger partial charge in [0.25, 0.3) is 0 Å². The molecule has 0 spiro atoms. The SMILES string of the molecule is Cc1csc(NC(=O)OCc2ccccc2)n1. The number of hydrogen-bond donors (Lipinski definition) is 1. The number of aryl methyl sites for hydroxylation is 1. The van der Waals surface area contributed by atoms with Gasteiger partial charge in [-0.05, 0) is 12.5 Å². The molecule has 88 valence electrons. The Morgan fingerprint density at radius 2 is 2.18 bits per heavy atom. The third kappa shape index (κ3) is 3.57. The van der Waals surface area contributed by atoms with Crippen molar-refractivity contribution in [3.05, 3.63) is 47.0 Å². The Morgan fingerprint density at radius 1 is 1.41 bits per heavy atom. The lowest BCUT2D eigenvalue weighted by Gasteiger charge is -2.04. The molecule has 0 atom stereocenters. The number of nitrogens with one attached hydrogen (secondary N) is 1. The zero-order chi connectivity index (χ0) is 12.1. The maximum Gasteiger partial charge on any atom is 0.413 e. The van der Waals surface area contributed by atoms with Gasteiger partial charge in [0, 0.05) is 5.38 Å². The van der Waals surface area contributed by atoms with Gasteiger partial charge in [-0.25, -0.2) is 9.78 Å². The van der Waals surface area contributed by atoms with E-state index in [0.717, 1.165) is 11.3 Å². The number of nitrogens with zero attached hydrogens (tertiary/aromatic N) is 1. The minimum atomic E-state index is -0.483. The van der Waals surface area contributed by atoms with Gasteiger partial charge >= 0.3 is 6.09 Å². The zero-order valence-corrected chi connectivity index (χ0v) is 10.2. The van der Waals surface area contributed by atoms with Gasteiger partial charge in [-0.2, -0.15) is 0 Å². The van der Waals surface area contributed by atoms with Crippen molar-refractivity contribution in [1.82, 2.24) is 4.98 Å². The summed E-state index contributed by atoms with van der Waals surface area (Å²) < 4.78 is 5.06. The third-order valence-electron chi connectivity index (χ3n) is 2.04. The molecule has 0 radical (unpaired) electrons. The Labute approximate surface area is 103 Å². The smallest absolute Gasteiger partial charge is 0.413 e. The normalized spacial score (nSPS) is 9.94. The van der Waals surface area contributed by atoms with Crippen molar-refractivity contribution < 1.29 is 9.53 Å². The number of amides is 1. The lowest BCUT2D eigenvalue weighted by Crippen LogP contribution is -2.13. The van der Waals surface area contributed by atoms with Gasteiger partial charge in [-0.15, -0.1) is 11.3 Å². The topological polar surface area (TPSA) is 51.2 Å². The van der Waals surface area contributed by atoms with Crippen molar-refractivity contribution >= 4 is 22.6 Å². The molecule has 4 nitrogen and oxygen atoms in total. The van der Waals surface area contributed by atoms with Crippen molar-refractivity contribution in [1.29, 1.82) is 0 Å². The van der Waals surface area contributed by atoms with E-state index in [-0.39, 0.29) is 6.61 Å². The summed E-state index contributed by atoms with van der Waals surface area (Å²) in [5, 5.41) is 5.00. The van der Waals surface area contributed by atoms with Gasteiger partial charge in [0.05, 0.1) is 5.69 Å². The van der Waals surface area contributed by atoms with Crippen molar-refractivity contribution in [3.63, 3.8) is 0 Å². The monoisotopic (exact) mass is 248 g/mol. The standard InChI is InChI=1S/C12H12N2O2S/c1-9-8-17-11(13-9)14-12(15)16-7-10-5-3-2-4-6-10/h2-6,8H,7H2,1H3,(H,13,14,15). The summed E-state index contributed by atoms with van der Waals surface area (Å²) >= 11 is 1.38. The van der Waals surface area contributed by atoms with Gasteiger partial charge < -0.3 is 4.74 Å². The molecule has 2 aromatic rings. The summed E-state index contributed by atoms with van der Waals surface area (Å²) in [6, 6.07) is 9.53. The molecule has 0 aliphatic carbocycles. The van der Waals surface area contributed by atoms with Gasteiger partial charge in [0.15, 0.2) is 5.13 Å². The van der Waals surface area contributed by atoms with E-state index in [1.807, 2.05) is 42.6 Å². The first kappa shape index (κ1) is 11.6. The predicted molar refractivity (Wildman–Crippen MR) is 67.1 cm³/mol. The van der Waals surface area contributed by atoms with Crippen LogP contribution in [0, 0.1) is 6.92 Å². The second kappa shape index (κ2) is 5.45. The highest BCUT2D eigenvalue weighted by Crippen LogP contribution is 2.14. The van der Waals surface area contributed by atoms with Crippen LogP contribution in [0.5, 0.6) is 0 Å². The summed E-state index contributed by atoms with van der Waals surface area (Å²) in [5.74, 6) is 0. The fraction of sp³-hybridized carbons (Fsp3) is 0.167. The molecular weight excluding hydrogens is 236 g/mol. The van der Waals surface area contributed by atoms with E-state index in [1.54, 1.807) is 0 Å². The number of carbonyl (C=O) groups is 1. The van der Waals surface area contributed by atoms with Crippen LogP contribution in [0.3, 0.4) is 0 Å². The van der Waals surface area contributed by atoms with E-state index in [4.69, 9.17) is 4.74 Å². The first-order valence-corrected chi connectivity index (χ1v) is 6.02. The van der Waals surface area contributed by atoms with Gasteiger partial charge in [-0.1, -0.05) is 30.3 Å². The molecule has 0 fully saturated rings. The largest absolute Gasteiger partial charge is 0.444 e. The molecule has 1 heterocycles. The van der Waals surface area contributed by atoms with E-state index in [1.165, 1.54) is 11.3 Å². The Kier molecular flexibility index (Phi) is 3.72. The van der Waals surface area contributed by atoms with E-state index in [0.29, 0.717) is 5.13 Å². The number of aromatic nitrogens is 1. The molecular formula is C12H12N2O2S. The Balaban J connectivity index is 1.82. The minimum Gasteiger partial charge on any atom is -0.444 e. The number of rotatable bonds is 3. The number of thiazole rings is 1. The molecule has 2 rings (SSSR count). The highest BCUT2D eigenvalue weighted by molar-refractivity contribution is 7.13. The predicted octanol–water partition coefficient (Wildman–Crippen LogP) is 3.20. The summed E-state index contributed by atoms with van der Waals surface area (Å²) in [6.07, 6.45) is -0.483. The first-order chi connectivity index (χ1) is 8.24. The number of ether oxygens (including phenoxy) is 1. The lowest BCUT2D eigenvalue weighted by atomic mass is 10.2. The quantitative estimate of drug-likeness (QED) is 0.907.